The Labute approximate surface area is 158 Å². The maximum absolute atomic E-state index is 12.3. The SMILES string of the molecule is O=C(CCCC[C@@H]1SC[C@@H]2NC(=O)N[C@@H]21)NC1(C(=O)O)CCCCCC1. The molecule has 2 aliphatic heterocycles. The van der Waals surface area contributed by atoms with E-state index < -0.39 is 11.5 Å². The van der Waals surface area contributed by atoms with Gasteiger partial charge in [-0.1, -0.05) is 32.1 Å². The number of nitrogens with one attached hydrogen (secondary N) is 3. The summed E-state index contributed by atoms with van der Waals surface area (Å²) in [6, 6.07) is 0.348. The molecule has 8 heteroatoms. The maximum Gasteiger partial charge on any atom is 0.329 e. The van der Waals surface area contributed by atoms with Crippen molar-refractivity contribution in [1.82, 2.24) is 16.0 Å². The highest BCUT2D eigenvalue weighted by molar-refractivity contribution is 8.00. The molecule has 146 valence electrons. The molecule has 0 aromatic heterocycles. The monoisotopic (exact) mass is 383 g/mol. The van der Waals surface area contributed by atoms with Crippen LogP contribution in [0.2, 0.25) is 0 Å². The third kappa shape index (κ3) is 4.45. The Morgan fingerprint density at radius 1 is 1.15 bits per heavy atom. The molecule has 0 bridgehead atoms. The molecule has 2 saturated heterocycles. The number of hydrogen-bond donors (Lipinski definition) is 4. The van der Waals surface area contributed by atoms with E-state index in [0.717, 1.165) is 50.7 Å². The Kier molecular flexibility index (Phi) is 6.32. The Balaban J connectivity index is 1.40. The number of unbranched alkanes of at least 4 members (excludes halogenated alkanes) is 1. The van der Waals surface area contributed by atoms with E-state index in [9.17, 15) is 19.5 Å². The van der Waals surface area contributed by atoms with E-state index in [4.69, 9.17) is 0 Å². The number of carbonyl (C=O) groups is 3. The number of fused-ring (bicyclic) bond motifs is 1. The van der Waals surface area contributed by atoms with Gasteiger partial charge >= 0.3 is 12.0 Å². The van der Waals surface area contributed by atoms with Gasteiger partial charge in [0.05, 0.1) is 12.1 Å². The lowest BCUT2D eigenvalue weighted by Gasteiger charge is -2.29. The lowest BCUT2D eigenvalue weighted by Crippen LogP contribution is -2.54. The summed E-state index contributed by atoms with van der Waals surface area (Å²) in [6.07, 6.45) is 7.83. The lowest BCUT2D eigenvalue weighted by atomic mass is 9.90. The summed E-state index contributed by atoms with van der Waals surface area (Å²) in [5.74, 6) is -0.108. The van der Waals surface area contributed by atoms with Crippen molar-refractivity contribution in [3.8, 4) is 0 Å². The highest BCUT2D eigenvalue weighted by atomic mass is 32.2. The van der Waals surface area contributed by atoms with E-state index in [1.54, 1.807) is 0 Å². The van der Waals surface area contributed by atoms with Crippen LogP contribution >= 0.6 is 11.8 Å². The predicted octanol–water partition coefficient (Wildman–Crippen LogP) is 2.01. The predicted molar refractivity (Wildman–Crippen MR) is 100 cm³/mol. The molecule has 1 saturated carbocycles. The third-order valence-electron chi connectivity index (χ3n) is 5.83. The van der Waals surface area contributed by atoms with E-state index in [-0.39, 0.29) is 24.0 Å². The average Bonchev–Trinajstić information content (AvgIpc) is 3.03. The molecule has 0 aromatic carbocycles. The topological polar surface area (TPSA) is 108 Å². The molecule has 7 nitrogen and oxygen atoms in total. The quantitative estimate of drug-likeness (QED) is 0.306. The highest BCUT2D eigenvalue weighted by Gasteiger charge is 2.43. The second-order valence-electron chi connectivity index (χ2n) is 7.72. The van der Waals surface area contributed by atoms with Crippen LogP contribution in [0.3, 0.4) is 0 Å². The molecule has 1 aliphatic carbocycles. The molecule has 3 aliphatic rings. The fourth-order valence-corrected chi connectivity index (χ4v) is 5.87. The molecule has 3 fully saturated rings. The summed E-state index contributed by atoms with van der Waals surface area (Å²) < 4.78 is 0. The van der Waals surface area contributed by atoms with Gasteiger partial charge in [-0.2, -0.15) is 11.8 Å². The number of hydrogen-bond acceptors (Lipinski definition) is 4. The highest BCUT2D eigenvalue weighted by Crippen LogP contribution is 2.33. The molecule has 3 rings (SSSR count). The Morgan fingerprint density at radius 2 is 1.88 bits per heavy atom. The van der Waals surface area contributed by atoms with Crippen LogP contribution in [0.4, 0.5) is 4.79 Å². The average molecular weight is 384 g/mol. The smallest absolute Gasteiger partial charge is 0.329 e. The van der Waals surface area contributed by atoms with Crippen LogP contribution in [0.15, 0.2) is 0 Å². The van der Waals surface area contributed by atoms with E-state index in [1.807, 2.05) is 11.8 Å². The van der Waals surface area contributed by atoms with Crippen molar-refractivity contribution in [3.05, 3.63) is 0 Å². The van der Waals surface area contributed by atoms with Crippen LogP contribution in [0.1, 0.15) is 64.2 Å². The Morgan fingerprint density at radius 3 is 2.58 bits per heavy atom. The van der Waals surface area contributed by atoms with Crippen LogP contribution in [0.5, 0.6) is 0 Å². The van der Waals surface area contributed by atoms with Crippen molar-refractivity contribution in [3.63, 3.8) is 0 Å². The number of carboxylic acid groups (broad SMARTS) is 1. The van der Waals surface area contributed by atoms with Gasteiger partial charge in [-0.05, 0) is 25.7 Å². The second kappa shape index (κ2) is 8.50. The molecule has 0 radical (unpaired) electrons. The minimum Gasteiger partial charge on any atom is -0.480 e. The lowest BCUT2D eigenvalue weighted by molar-refractivity contribution is -0.148. The summed E-state index contributed by atoms with van der Waals surface area (Å²) in [7, 11) is 0. The van der Waals surface area contributed by atoms with Gasteiger partial charge in [-0.15, -0.1) is 0 Å². The zero-order valence-corrected chi connectivity index (χ0v) is 15.9. The summed E-state index contributed by atoms with van der Waals surface area (Å²) in [6.45, 7) is 0. The number of amides is 3. The van der Waals surface area contributed by atoms with Crippen molar-refractivity contribution in [2.45, 2.75) is 87.1 Å². The van der Waals surface area contributed by atoms with Gasteiger partial charge in [-0.25, -0.2) is 9.59 Å². The van der Waals surface area contributed by atoms with Crippen LogP contribution in [0.25, 0.3) is 0 Å². The summed E-state index contributed by atoms with van der Waals surface area (Å²) in [4.78, 5) is 35.4. The second-order valence-corrected chi connectivity index (χ2v) is 8.99. The van der Waals surface area contributed by atoms with E-state index in [0.29, 0.717) is 24.5 Å². The van der Waals surface area contributed by atoms with Crippen LogP contribution in [-0.2, 0) is 9.59 Å². The molecular weight excluding hydrogens is 354 g/mol. The van der Waals surface area contributed by atoms with Gasteiger partial charge in [0.25, 0.3) is 0 Å². The van der Waals surface area contributed by atoms with Crippen molar-refractivity contribution >= 4 is 29.7 Å². The zero-order valence-electron chi connectivity index (χ0n) is 15.1. The zero-order chi connectivity index (χ0) is 18.6. The first-order valence-electron chi connectivity index (χ1n) is 9.73. The molecule has 3 atom stereocenters. The minimum absolute atomic E-state index is 0.0768. The van der Waals surface area contributed by atoms with Gasteiger partial charge in [-0.3, -0.25) is 4.79 Å². The van der Waals surface area contributed by atoms with Gasteiger partial charge in [0, 0.05) is 17.4 Å². The summed E-state index contributed by atoms with van der Waals surface area (Å²) >= 11 is 1.87. The molecule has 26 heavy (non-hydrogen) atoms. The number of carboxylic acids is 1. The first-order chi connectivity index (χ1) is 12.5. The number of rotatable bonds is 7. The van der Waals surface area contributed by atoms with Crippen molar-refractivity contribution in [2.75, 3.05) is 5.75 Å². The first kappa shape index (κ1) is 19.3. The van der Waals surface area contributed by atoms with E-state index in [1.165, 1.54) is 0 Å². The Bertz CT molecular complexity index is 549. The molecular formula is C18H29N3O4S. The standard InChI is InChI=1S/C18H29N3O4S/c22-14(21-18(16(23)24)9-5-1-2-6-10-18)8-4-3-7-13-15-12(11-26-13)19-17(25)20-15/h12-13,15H,1-11H2,(H,21,22)(H,23,24)(H2,19,20,25)/t12-,13-,15-/m0/s1. The number of urea groups is 1. The molecule has 0 aromatic rings. The molecule has 3 amide bonds. The Hall–Kier alpha value is -1.44. The molecule has 0 unspecified atom stereocenters. The number of carbonyl (C=O) groups excluding carboxylic acids is 2. The largest absolute Gasteiger partial charge is 0.480 e. The van der Waals surface area contributed by atoms with E-state index >= 15 is 0 Å². The van der Waals surface area contributed by atoms with Crippen LogP contribution < -0.4 is 16.0 Å². The molecule has 0 spiro atoms. The number of thioether (sulfide) groups is 1. The summed E-state index contributed by atoms with van der Waals surface area (Å²) in [5.41, 5.74) is -1.07. The maximum atomic E-state index is 12.3. The fraction of sp³-hybridized carbons (Fsp3) is 0.833. The fourth-order valence-electron chi connectivity index (χ4n) is 4.33. The normalized spacial score (nSPS) is 30.0. The van der Waals surface area contributed by atoms with Gasteiger partial charge < -0.3 is 21.1 Å². The molecule has 2 heterocycles. The molecule has 4 N–H and O–H groups in total. The van der Waals surface area contributed by atoms with E-state index in [2.05, 4.69) is 16.0 Å². The third-order valence-corrected chi connectivity index (χ3v) is 7.33. The van der Waals surface area contributed by atoms with Gasteiger partial charge in [0.1, 0.15) is 5.54 Å². The summed E-state index contributed by atoms with van der Waals surface area (Å²) in [5, 5.41) is 18.8. The van der Waals surface area contributed by atoms with Gasteiger partial charge in [0.15, 0.2) is 0 Å². The van der Waals surface area contributed by atoms with Crippen molar-refractivity contribution in [2.24, 2.45) is 0 Å². The van der Waals surface area contributed by atoms with Crippen molar-refractivity contribution < 1.29 is 19.5 Å². The minimum atomic E-state index is -1.07. The van der Waals surface area contributed by atoms with Crippen LogP contribution in [-0.4, -0.2) is 51.6 Å². The first-order valence-corrected chi connectivity index (χ1v) is 10.8. The van der Waals surface area contributed by atoms with Crippen LogP contribution in [0, 0.1) is 0 Å². The van der Waals surface area contributed by atoms with Gasteiger partial charge in [0.2, 0.25) is 5.91 Å². The van der Waals surface area contributed by atoms with Crippen molar-refractivity contribution in [1.29, 1.82) is 0 Å². The number of aliphatic carboxylic acids is 1.